The zero-order valence-electron chi connectivity index (χ0n) is 16.0. The van der Waals surface area contributed by atoms with Crippen LogP contribution in [0.2, 0.25) is 0 Å². The maximum Gasteiger partial charge on any atom is 0.126 e. The van der Waals surface area contributed by atoms with E-state index in [1.54, 1.807) is 0 Å². The van der Waals surface area contributed by atoms with Gasteiger partial charge >= 0.3 is 0 Å². The Morgan fingerprint density at radius 2 is 1.67 bits per heavy atom. The third kappa shape index (κ3) is 3.65. The van der Waals surface area contributed by atoms with E-state index in [9.17, 15) is 0 Å². The Hall–Kier alpha value is -2.16. The molecule has 0 saturated carbocycles. The van der Waals surface area contributed by atoms with Gasteiger partial charge < -0.3 is 9.80 Å². The van der Waals surface area contributed by atoms with Crippen molar-refractivity contribution in [1.82, 2.24) is 4.98 Å². The molecule has 3 aromatic rings. The SMILES string of the molecule is Cc1ccccc1N1[CH-]N(c2[c-]cc(C(C)(C)C)cc2)c2cccnc21.[Ir]. The molecule has 1 aromatic heterocycles. The van der Waals surface area contributed by atoms with Crippen LogP contribution in [0, 0.1) is 19.7 Å². The van der Waals surface area contributed by atoms with Crippen LogP contribution in [0.5, 0.6) is 0 Å². The summed E-state index contributed by atoms with van der Waals surface area (Å²) in [5.41, 5.74) is 5.84. The minimum atomic E-state index is 0. The Balaban J connectivity index is 0.00000210. The number of nitrogens with zero attached hydrogens (tertiary/aromatic N) is 3. The molecule has 0 unspecified atom stereocenters. The Kier molecular flexibility index (Phi) is 5.41. The Morgan fingerprint density at radius 3 is 2.33 bits per heavy atom. The summed E-state index contributed by atoms with van der Waals surface area (Å²) < 4.78 is 0. The number of benzene rings is 2. The third-order valence-corrected chi connectivity index (χ3v) is 4.78. The summed E-state index contributed by atoms with van der Waals surface area (Å²) in [5, 5.41) is 0. The van der Waals surface area contributed by atoms with E-state index >= 15 is 0 Å². The van der Waals surface area contributed by atoms with E-state index in [1.165, 1.54) is 11.1 Å². The van der Waals surface area contributed by atoms with Gasteiger partial charge in [0.2, 0.25) is 0 Å². The van der Waals surface area contributed by atoms with Crippen molar-refractivity contribution in [3.63, 3.8) is 0 Å². The van der Waals surface area contributed by atoms with E-state index in [0.717, 1.165) is 22.9 Å². The molecule has 2 aromatic carbocycles. The summed E-state index contributed by atoms with van der Waals surface area (Å²) in [6.07, 6.45) is 1.84. The number of hydrogen-bond acceptors (Lipinski definition) is 3. The second-order valence-electron chi connectivity index (χ2n) is 7.70. The van der Waals surface area contributed by atoms with Crippen molar-refractivity contribution in [2.24, 2.45) is 0 Å². The summed E-state index contributed by atoms with van der Waals surface area (Å²) in [4.78, 5) is 8.93. The molecule has 0 saturated heterocycles. The zero-order chi connectivity index (χ0) is 18.3. The van der Waals surface area contributed by atoms with Crippen LogP contribution >= 0.6 is 0 Å². The average molecular weight is 534 g/mol. The molecular formula is C23H23IrN3-2. The van der Waals surface area contributed by atoms with Gasteiger partial charge in [-0.3, -0.25) is 0 Å². The maximum atomic E-state index is 4.63. The molecule has 0 N–H and O–H groups in total. The number of aryl methyl sites for hydroxylation is 1. The first-order valence-electron chi connectivity index (χ1n) is 8.91. The van der Waals surface area contributed by atoms with Gasteiger partial charge in [0, 0.05) is 32.0 Å². The van der Waals surface area contributed by atoms with E-state index in [4.69, 9.17) is 0 Å². The van der Waals surface area contributed by atoms with Crippen molar-refractivity contribution in [3.8, 4) is 0 Å². The molecule has 0 aliphatic carbocycles. The van der Waals surface area contributed by atoms with Crippen molar-refractivity contribution in [1.29, 1.82) is 0 Å². The predicted octanol–water partition coefficient (Wildman–Crippen LogP) is 5.89. The predicted molar refractivity (Wildman–Crippen MR) is 108 cm³/mol. The van der Waals surface area contributed by atoms with Crippen LogP contribution in [0.1, 0.15) is 31.9 Å². The summed E-state index contributed by atoms with van der Waals surface area (Å²) in [7, 11) is 0. The van der Waals surface area contributed by atoms with Crippen molar-refractivity contribution < 1.29 is 20.1 Å². The van der Waals surface area contributed by atoms with Crippen molar-refractivity contribution in [3.05, 3.63) is 84.7 Å². The van der Waals surface area contributed by atoms with Crippen molar-refractivity contribution in [2.75, 3.05) is 9.80 Å². The molecule has 0 bridgehead atoms. The van der Waals surface area contributed by atoms with Gasteiger partial charge in [-0.25, -0.2) is 4.98 Å². The molecule has 0 fully saturated rings. The number of para-hydroxylation sites is 1. The number of aromatic nitrogens is 1. The van der Waals surface area contributed by atoms with Gasteiger partial charge in [0.05, 0.1) is 5.69 Å². The summed E-state index contributed by atoms with van der Waals surface area (Å²) in [5.74, 6) is 0.940. The Morgan fingerprint density at radius 1 is 0.926 bits per heavy atom. The molecule has 141 valence electrons. The molecule has 0 spiro atoms. The van der Waals surface area contributed by atoms with Gasteiger partial charge in [-0.1, -0.05) is 44.4 Å². The Labute approximate surface area is 175 Å². The van der Waals surface area contributed by atoms with Gasteiger partial charge in [0.1, 0.15) is 5.82 Å². The molecule has 0 atom stereocenters. The van der Waals surface area contributed by atoms with Gasteiger partial charge in [-0.2, -0.15) is 23.8 Å². The molecule has 2 heterocycles. The maximum absolute atomic E-state index is 4.63. The zero-order valence-corrected chi connectivity index (χ0v) is 18.4. The number of hydrogen-bond donors (Lipinski definition) is 0. The fourth-order valence-electron chi connectivity index (χ4n) is 3.23. The van der Waals surface area contributed by atoms with Gasteiger partial charge in [0.25, 0.3) is 0 Å². The minimum absolute atomic E-state index is 0. The first kappa shape index (κ1) is 19.6. The second-order valence-corrected chi connectivity index (χ2v) is 7.70. The standard InChI is InChI=1S/C23H23N3.Ir/c1-17-8-5-6-9-20(17)26-16-25(21-10-7-15-24-22(21)26)19-13-11-18(12-14-19)23(2,3)4;/h5-13,15-16H,1-4H3;/q-2;. The van der Waals surface area contributed by atoms with Crippen LogP contribution in [0.3, 0.4) is 0 Å². The van der Waals surface area contributed by atoms with Crippen LogP contribution in [0.25, 0.3) is 0 Å². The number of rotatable bonds is 2. The van der Waals surface area contributed by atoms with Crippen LogP contribution in [-0.4, -0.2) is 4.98 Å². The number of pyridine rings is 1. The molecule has 3 nitrogen and oxygen atoms in total. The third-order valence-electron chi connectivity index (χ3n) is 4.78. The van der Waals surface area contributed by atoms with Crippen LogP contribution in [-0.2, 0) is 25.5 Å². The molecule has 1 radical (unpaired) electrons. The fraction of sp³-hybridized carbons (Fsp3) is 0.217. The number of anilines is 4. The fourth-order valence-corrected chi connectivity index (χ4v) is 3.23. The van der Waals surface area contributed by atoms with E-state index < -0.39 is 0 Å². The molecule has 4 heteroatoms. The minimum Gasteiger partial charge on any atom is -0.492 e. The van der Waals surface area contributed by atoms with E-state index in [0.29, 0.717) is 0 Å². The molecule has 0 amide bonds. The smallest absolute Gasteiger partial charge is 0.126 e. The second kappa shape index (κ2) is 7.46. The van der Waals surface area contributed by atoms with Gasteiger partial charge in [0.15, 0.2) is 0 Å². The van der Waals surface area contributed by atoms with Gasteiger partial charge in [-0.05, 0) is 30.7 Å². The average Bonchev–Trinajstić information content (AvgIpc) is 3.01. The number of fused-ring (bicyclic) bond motifs is 1. The van der Waals surface area contributed by atoms with E-state index in [2.05, 4.69) is 104 Å². The van der Waals surface area contributed by atoms with Crippen LogP contribution < -0.4 is 9.80 Å². The molecule has 1 aliphatic heterocycles. The Bertz CT molecular complexity index is 929. The van der Waals surface area contributed by atoms with Gasteiger partial charge in [-0.15, -0.1) is 18.4 Å². The van der Waals surface area contributed by atoms with Crippen LogP contribution in [0.4, 0.5) is 22.9 Å². The first-order chi connectivity index (χ1) is 12.4. The summed E-state index contributed by atoms with van der Waals surface area (Å²) in [6.45, 7) is 10.9. The summed E-state index contributed by atoms with van der Waals surface area (Å²) >= 11 is 0. The van der Waals surface area contributed by atoms with E-state index in [-0.39, 0.29) is 25.5 Å². The molecular weight excluding hydrogens is 510 g/mol. The largest absolute Gasteiger partial charge is 0.492 e. The van der Waals surface area contributed by atoms with E-state index in [1.807, 2.05) is 12.3 Å². The van der Waals surface area contributed by atoms with Crippen molar-refractivity contribution >= 4 is 22.9 Å². The topological polar surface area (TPSA) is 19.4 Å². The normalized spacial score (nSPS) is 13.3. The first-order valence-corrected chi connectivity index (χ1v) is 8.91. The quantitative estimate of drug-likeness (QED) is 0.383. The van der Waals surface area contributed by atoms with Crippen molar-refractivity contribution in [2.45, 2.75) is 33.1 Å². The monoisotopic (exact) mass is 534 g/mol. The summed E-state index contributed by atoms with van der Waals surface area (Å²) in [6, 6.07) is 22.3. The van der Waals surface area contributed by atoms with Crippen LogP contribution in [0.15, 0.2) is 60.8 Å². The molecule has 27 heavy (non-hydrogen) atoms. The molecule has 4 rings (SSSR count). The molecule has 1 aliphatic rings.